The molecule has 6 nitrogen and oxygen atoms in total. The number of ether oxygens (including phenoxy) is 1. The molecule has 3 heterocycles. The molecule has 0 spiro atoms. The summed E-state index contributed by atoms with van der Waals surface area (Å²) >= 11 is 1.33. The van der Waals surface area contributed by atoms with Crippen molar-refractivity contribution in [3.8, 4) is 17.0 Å². The molecule has 1 N–H and O–H groups in total. The third-order valence-corrected chi connectivity index (χ3v) is 6.12. The Bertz CT molecular complexity index is 1150. The fraction of sp³-hybridized carbons (Fsp3) is 0.227. The van der Waals surface area contributed by atoms with Crippen molar-refractivity contribution in [1.29, 1.82) is 0 Å². The number of nitrogens with one attached hydrogen (secondary N) is 1. The number of carbonyl (C=O) groups excluding carboxylic acids is 2. The SMILES string of the molecule is O=C(Nc1nc(-c2ccc3c(c2)CCO3)cs1)[C@@H]1CC(=O)N(c2ccccc2F)C1. The zero-order valence-corrected chi connectivity index (χ0v) is 16.7. The lowest BCUT2D eigenvalue weighted by Gasteiger charge is -2.17. The molecule has 0 saturated carbocycles. The van der Waals surface area contributed by atoms with Gasteiger partial charge in [0.15, 0.2) is 5.13 Å². The number of anilines is 2. The minimum atomic E-state index is -0.554. The highest BCUT2D eigenvalue weighted by Crippen LogP contribution is 2.33. The first-order valence-corrected chi connectivity index (χ1v) is 10.5. The summed E-state index contributed by atoms with van der Waals surface area (Å²) in [6.07, 6.45) is 0.925. The van der Waals surface area contributed by atoms with Gasteiger partial charge >= 0.3 is 0 Å². The van der Waals surface area contributed by atoms with Crippen LogP contribution in [0.1, 0.15) is 12.0 Å². The first kappa shape index (κ1) is 18.7. The molecule has 2 aliphatic heterocycles. The number of nitrogens with zero attached hydrogens (tertiary/aromatic N) is 2. The highest BCUT2D eigenvalue weighted by molar-refractivity contribution is 7.14. The molecule has 1 aromatic heterocycles. The Labute approximate surface area is 176 Å². The molecule has 3 aromatic rings. The van der Waals surface area contributed by atoms with Crippen LogP contribution in [-0.2, 0) is 16.0 Å². The number of thiazole rings is 1. The highest BCUT2D eigenvalue weighted by atomic mass is 32.1. The molecule has 30 heavy (non-hydrogen) atoms. The van der Waals surface area contributed by atoms with Crippen molar-refractivity contribution in [2.24, 2.45) is 5.92 Å². The molecule has 2 aliphatic rings. The molecule has 1 fully saturated rings. The Morgan fingerprint density at radius 1 is 1.27 bits per heavy atom. The number of hydrogen-bond acceptors (Lipinski definition) is 5. The van der Waals surface area contributed by atoms with E-state index < -0.39 is 11.7 Å². The van der Waals surface area contributed by atoms with Crippen LogP contribution < -0.4 is 15.0 Å². The molecule has 0 bridgehead atoms. The van der Waals surface area contributed by atoms with Gasteiger partial charge in [-0.05, 0) is 35.9 Å². The minimum absolute atomic E-state index is 0.0449. The predicted molar refractivity (Wildman–Crippen MR) is 112 cm³/mol. The largest absolute Gasteiger partial charge is 0.493 e. The predicted octanol–water partition coefficient (Wildman–Crippen LogP) is 3.88. The number of aromatic nitrogens is 1. The average molecular weight is 423 g/mol. The smallest absolute Gasteiger partial charge is 0.231 e. The van der Waals surface area contributed by atoms with E-state index in [1.54, 1.807) is 18.2 Å². The van der Waals surface area contributed by atoms with Crippen LogP contribution in [0, 0.1) is 11.7 Å². The summed E-state index contributed by atoms with van der Waals surface area (Å²) in [5, 5.41) is 5.17. The second-order valence-electron chi connectivity index (χ2n) is 7.30. The maximum Gasteiger partial charge on any atom is 0.231 e. The van der Waals surface area contributed by atoms with E-state index in [0.29, 0.717) is 11.7 Å². The molecule has 0 unspecified atom stereocenters. The molecule has 0 radical (unpaired) electrons. The van der Waals surface area contributed by atoms with Gasteiger partial charge in [0.25, 0.3) is 0 Å². The van der Waals surface area contributed by atoms with Gasteiger partial charge in [-0.15, -0.1) is 11.3 Å². The Morgan fingerprint density at radius 2 is 2.13 bits per heavy atom. The maximum absolute atomic E-state index is 14.0. The summed E-state index contributed by atoms with van der Waals surface area (Å²) < 4.78 is 19.6. The number of fused-ring (bicyclic) bond motifs is 1. The second-order valence-corrected chi connectivity index (χ2v) is 8.16. The zero-order valence-electron chi connectivity index (χ0n) is 15.9. The normalized spacial score (nSPS) is 17.7. The quantitative estimate of drug-likeness (QED) is 0.692. The van der Waals surface area contributed by atoms with E-state index in [9.17, 15) is 14.0 Å². The minimum Gasteiger partial charge on any atom is -0.493 e. The van der Waals surface area contributed by atoms with Crippen LogP contribution in [0.5, 0.6) is 5.75 Å². The molecule has 1 saturated heterocycles. The summed E-state index contributed by atoms with van der Waals surface area (Å²) in [5.74, 6) is -0.670. The fourth-order valence-electron chi connectivity index (χ4n) is 3.80. The lowest BCUT2D eigenvalue weighted by molar-refractivity contribution is -0.122. The van der Waals surface area contributed by atoms with Crippen LogP contribution in [0.3, 0.4) is 0 Å². The van der Waals surface area contributed by atoms with Gasteiger partial charge in [-0.25, -0.2) is 9.37 Å². The summed E-state index contributed by atoms with van der Waals surface area (Å²) in [4.78, 5) is 30.9. The van der Waals surface area contributed by atoms with Gasteiger partial charge in [-0.3, -0.25) is 9.59 Å². The standard InChI is InChI=1S/C22H18FN3O3S/c23-16-3-1-2-4-18(16)26-11-15(10-20(26)27)21(28)25-22-24-17(12-30-22)13-5-6-19-14(9-13)7-8-29-19/h1-6,9,12,15H,7-8,10-11H2,(H,24,25,28)/t15-/m1/s1. The van der Waals surface area contributed by atoms with Crippen LogP contribution in [0.15, 0.2) is 47.8 Å². The average Bonchev–Trinajstić information content (AvgIpc) is 3.47. The molecule has 8 heteroatoms. The van der Waals surface area contributed by atoms with Crippen LogP contribution in [0.4, 0.5) is 15.2 Å². The van der Waals surface area contributed by atoms with Crippen LogP contribution in [0.2, 0.25) is 0 Å². The van der Waals surface area contributed by atoms with Crippen LogP contribution in [0.25, 0.3) is 11.3 Å². The number of carbonyl (C=O) groups is 2. The maximum atomic E-state index is 14.0. The van der Waals surface area contributed by atoms with Crippen molar-refractivity contribution in [3.63, 3.8) is 0 Å². The van der Waals surface area contributed by atoms with Gasteiger partial charge < -0.3 is 15.0 Å². The first-order valence-electron chi connectivity index (χ1n) is 9.66. The molecular formula is C22H18FN3O3S. The number of rotatable bonds is 4. The Hall–Kier alpha value is -3.26. The summed E-state index contributed by atoms with van der Waals surface area (Å²) in [6.45, 7) is 0.843. The molecular weight excluding hydrogens is 405 g/mol. The number of amides is 2. The van der Waals surface area contributed by atoms with E-state index >= 15 is 0 Å². The van der Waals surface area contributed by atoms with Crippen molar-refractivity contribution in [2.75, 3.05) is 23.4 Å². The first-order chi connectivity index (χ1) is 14.6. The monoisotopic (exact) mass is 423 g/mol. The summed E-state index contributed by atoms with van der Waals surface area (Å²) in [6, 6.07) is 12.0. The fourth-order valence-corrected chi connectivity index (χ4v) is 4.53. The van der Waals surface area contributed by atoms with Gasteiger partial charge in [0.05, 0.1) is 23.9 Å². The number of benzene rings is 2. The summed E-state index contributed by atoms with van der Waals surface area (Å²) in [7, 11) is 0. The van der Waals surface area contributed by atoms with E-state index in [4.69, 9.17) is 4.74 Å². The van der Waals surface area contributed by atoms with E-state index in [1.165, 1.54) is 22.3 Å². The van der Waals surface area contributed by atoms with Crippen molar-refractivity contribution in [3.05, 3.63) is 59.2 Å². The number of hydrogen-bond donors (Lipinski definition) is 1. The van der Waals surface area contributed by atoms with Gasteiger partial charge in [0, 0.05) is 30.3 Å². The summed E-state index contributed by atoms with van der Waals surface area (Å²) in [5.41, 5.74) is 3.11. The highest BCUT2D eigenvalue weighted by Gasteiger charge is 2.36. The van der Waals surface area contributed by atoms with Crippen LogP contribution >= 0.6 is 11.3 Å². The zero-order chi connectivity index (χ0) is 20.7. The molecule has 0 aliphatic carbocycles. The second kappa shape index (κ2) is 7.53. The lowest BCUT2D eigenvalue weighted by atomic mass is 10.1. The Balaban J connectivity index is 1.27. The molecule has 5 rings (SSSR count). The van der Waals surface area contributed by atoms with Gasteiger partial charge in [-0.2, -0.15) is 0 Å². The van der Waals surface area contributed by atoms with Crippen LogP contribution in [-0.4, -0.2) is 29.9 Å². The van der Waals surface area contributed by atoms with Crippen molar-refractivity contribution in [1.82, 2.24) is 4.98 Å². The number of halogens is 1. The molecule has 2 amide bonds. The topological polar surface area (TPSA) is 71.5 Å². The van der Waals surface area contributed by atoms with Gasteiger partial charge in [-0.1, -0.05) is 12.1 Å². The third kappa shape index (κ3) is 3.43. The number of para-hydroxylation sites is 1. The van der Waals surface area contributed by atoms with E-state index in [-0.39, 0.29) is 30.5 Å². The molecule has 152 valence electrons. The Morgan fingerprint density at radius 3 is 3.00 bits per heavy atom. The van der Waals surface area contributed by atoms with E-state index in [1.807, 2.05) is 17.5 Å². The van der Waals surface area contributed by atoms with E-state index in [0.717, 1.165) is 29.0 Å². The van der Waals surface area contributed by atoms with Crippen molar-refractivity contribution in [2.45, 2.75) is 12.8 Å². The van der Waals surface area contributed by atoms with Gasteiger partial charge in [0.2, 0.25) is 11.8 Å². The van der Waals surface area contributed by atoms with Crippen molar-refractivity contribution >= 4 is 34.0 Å². The van der Waals surface area contributed by atoms with E-state index in [2.05, 4.69) is 16.4 Å². The third-order valence-electron chi connectivity index (χ3n) is 5.36. The van der Waals surface area contributed by atoms with Crippen molar-refractivity contribution < 1.29 is 18.7 Å². The molecule has 2 aromatic carbocycles. The molecule has 1 atom stereocenters. The van der Waals surface area contributed by atoms with Gasteiger partial charge in [0.1, 0.15) is 11.6 Å². The Kier molecular flexibility index (Phi) is 4.71. The lowest BCUT2D eigenvalue weighted by Crippen LogP contribution is -2.28.